The standard InChI is InChI=1S/C29H28N4O4S/c1-38-14-12-23(27(34)30-16-17-7-6-13-37-17)32-28(35)24-15-21-18-8-4-5-11-22(18)31-25(21)26-19-9-2-3-10-20(19)29(36)33(24)26/h2-11,13,23-24,26,31H,12,14-16H2,1H3,(H,30,34)(H,32,35)/t23-,24-,26?/m0/s1. The Morgan fingerprint density at radius 1 is 1.13 bits per heavy atom. The van der Waals surface area contributed by atoms with E-state index in [0.717, 1.165) is 27.7 Å². The van der Waals surface area contributed by atoms with E-state index in [-0.39, 0.29) is 30.3 Å². The van der Waals surface area contributed by atoms with Crippen LogP contribution in [0.15, 0.2) is 71.3 Å². The number of nitrogens with zero attached hydrogens (tertiary/aromatic N) is 1. The molecule has 1 unspecified atom stereocenters. The van der Waals surface area contributed by atoms with Crippen LogP contribution in [-0.2, 0) is 22.6 Å². The number of furan rings is 1. The minimum Gasteiger partial charge on any atom is -0.467 e. The highest BCUT2D eigenvalue weighted by Gasteiger charge is 2.49. The molecule has 8 nitrogen and oxygen atoms in total. The van der Waals surface area contributed by atoms with E-state index >= 15 is 0 Å². The van der Waals surface area contributed by atoms with E-state index in [4.69, 9.17) is 4.42 Å². The average molecular weight is 529 g/mol. The largest absolute Gasteiger partial charge is 0.467 e. The fraction of sp³-hybridized carbons (Fsp3) is 0.276. The van der Waals surface area contributed by atoms with Crippen molar-refractivity contribution in [3.05, 3.63) is 95.1 Å². The molecule has 0 aliphatic carbocycles. The third-order valence-electron chi connectivity index (χ3n) is 7.42. The number of carbonyl (C=O) groups excluding carboxylic acids is 3. The van der Waals surface area contributed by atoms with Crippen LogP contribution in [0.5, 0.6) is 0 Å². The molecule has 0 saturated carbocycles. The molecule has 3 N–H and O–H groups in total. The summed E-state index contributed by atoms with van der Waals surface area (Å²) in [6.45, 7) is 0.238. The normalized spacial score (nSPS) is 18.6. The molecule has 9 heteroatoms. The molecule has 0 bridgehead atoms. The maximum absolute atomic E-state index is 13.9. The van der Waals surface area contributed by atoms with Crippen LogP contribution in [0.2, 0.25) is 0 Å². The number of para-hydroxylation sites is 1. The van der Waals surface area contributed by atoms with Gasteiger partial charge in [-0.1, -0.05) is 36.4 Å². The maximum atomic E-state index is 13.9. The quantitative estimate of drug-likeness (QED) is 0.323. The zero-order chi connectivity index (χ0) is 26.2. The number of thioether (sulfide) groups is 1. The molecule has 0 saturated heterocycles. The Kier molecular flexibility index (Phi) is 6.45. The zero-order valence-electron chi connectivity index (χ0n) is 20.9. The molecule has 2 aromatic heterocycles. The number of nitrogens with one attached hydrogen (secondary N) is 3. The molecular weight excluding hydrogens is 500 g/mol. The summed E-state index contributed by atoms with van der Waals surface area (Å²) in [6.07, 6.45) is 4.35. The monoisotopic (exact) mass is 528 g/mol. The molecular formula is C29H28N4O4S. The molecule has 38 heavy (non-hydrogen) atoms. The summed E-state index contributed by atoms with van der Waals surface area (Å²) in [7, 11) is 0. The van der Waals surface area contributed by atoms with Gasteiger partial charge < -0.3 is 24.9 Å². The first-order valence-electron chi connectivity index (χ1n) is 12.7. The number of amides is 3. The van der Waals surface area contributed by atoms with Crippen molar-refractivity contribution < 1.29 is 18.8 Å². The number of carbonyl (C=O) groups is 3. The van der Waals surface area contributed by atoms with Crippen LogP contribution in [0.25, 0.3) is 10.9 Å². The number of fused-ring (bicyclic) bond motifs is 7. The molecule has 2 aliphatic rings. The van der Waals surface area contributed by atoms with E-state index in [1.54, 1.807) is 35.1 Å². The van der Waals surface area contributed by atoms with Gasteiger partial charge in [-0.3, -0.25) is 14.4 Å². The predicted octanol–water partition coefficient (Wildman–Crippen LogP) is 3.79. The van der Waals surface area contributed by atoms with Crippen molar-refractivity contribution in [1.82, 2.24) is 20.5 Å². The maximum Gasteiger partial charge on any atom is 0.255 e. The Labute approximate surface area is 224 Å². The zero-order valence-corrected chi connectivity index (χ0v) is 21.7. The highest BCUT2D eigenvalue weighted by Crippen LogP contribution is 2.46. The van der Waals surface area contributed by atoms with Gasteiger partial charge in [0.2, 0.25) is 11.8 Å². The van der Waals surface area contributed by atoms with Gasteiger partial charge in [-0.25, -0.2) is 0 Å². The lowest BCUT2D eigenvalue weighted by Gasteiger charge is -2.37. The summed E-state index contributed by atoms with van der Waals surface area (Å²) >= 11 is 1.61. The van der Waals surface area contributed by atoms with Crippen LogP contribution in [-0.4, -0.2) is 51.7 Å². The summed E-state index contributed by atoms with van der Waals surface area (Å²) in [5.41, 5.74) is 4.46. The number of hydrogen-bond acceptors (Lipinski definition) is 5. The van der Waals surface area contributed by atoms with Gasteiger partial charge in [0, 0.05) is 28.6 Å². The number of rotatable bonds is 8. The Balaban J connectivity index is 1.32. The lowest BCUT2D eigenvalue weighted by Crippen LogP contribution is -2.56. The van der Waals surface area contributed by atoms with Gasteiger partial charge >= 0.3 is 0 Å². The Bertz CT molecular complexity index is 1510. The van der Waals surface area contributed by atoms with Crippen molar-refractivity contribution in [2.45, 2.75) is 37.5 Å². The lowest BCUT2D eigenvalue weighted by molar-refractivity contribution is -0.132. The molecule has 2 aliphatic heterocycles. The first kappa shape index (κ1) is 24.4. The predicted molar refractivity (Wildman–Crippen MR) is 146 cm³/mol. The molecule has 0 spiro atoms. The van der Waals surface area contributed by atoms with E-state index in [1.165, 1.54) is 0 Å². The number of H-pyrrole nitrogens is 1. The van der Waals surface area contributed by atoms with Gasteiger partial charge in [-0.05, 0) is 53.8 Å². The Morgan fingerprint density at radius 2 is 1.95 bits per heavy atom. The van der Waals surface area contributed by atoms with Crippen LogP contribution in [0.1, 0.15) is 45.4 Å². The van der Waals surface area contributed by atoms with Gasteiger partial charge in [0.15, 0.2) is 0 Å². The van der Waals surface area contributed by atoms with E-state index in [1.807, 2.05) is 54.8 Å². The smallest absolute Gasteiger partial charge is 0.255 e. The third kappa shape index (κ3) is 4.16. The number of benzene rings is 2. The van der Waals surface area contributed by atoms with Crippen molar-refractivity contribution >= 4 is 40.4 Å². The summed E-state index contributed by atoms with van der Waals surface area (Å²) in [5, 5.41) is 6.90. The SMILES string of the molecule is CSCC[C@H](NC(=O)[C@@H]1Cc2c([nH]c3ccccc23)C2c3ccccc3C(=O)N21)C(=O)NCc1ccco1. The van der Waals surface area contributed by atoms with Crippen LogP contribution in [0.3, 0.4) is 0 Å². The number of aromatic nitrogens is 1. The van der Waals surface area contributed by atoms with Crippen LogP contribution in [0.4, 0.5) is 0 Å². The lowest BCUT2D eigenvalue weighted by atomic mass is 9.89. The second-order valence-electron chi connectivity index (χ2n) is 9.62. The highest BCUT2D eigenvalue weighted by atomic mass is 32.2. The second kappa shape index (κ2) is 10.1. The summed E-state index contributed by atoms with van der Waals surface area (Å²) < 4.78 is 5.32. The molecule has 4 heterocycles. The van der Waals surface area contributed by atoms with Crippen LogP contribution >= 0.6 is 11.8 Å². The Hall–Kier alpha value is -3.98. The summed E-state index contributed by atoms with van der Waals surface area (Å²) in [6, 6.07) is 17.2. The molecule has 0 fully saturated rings. The molecule has 2 aromatic carbocycles. The molecule has 3 amide bonds. The molecule has 194 valence electrons. The third-order valence-corrected chi connectivity index (χ3v) is 8.06. The van der Waals surface area contributed by atoms with Gasteiger partial charge in [0.1, 0.15) is 17.8 Å². The van der Waals surface area contributed by atoms with Gasteiger partial charge in [0.25, 0.3) is 5.91 Å². The minimum absolute atomic E-state index is 0.169. The van der Waals surface area contributed by atoms with Crippen molar-refractivity contribution in [1.29, 1.82) is 0 Å². The first-order chi connectivity index (χ1) is 18.6. The first-order valence-corrected chi connectivity index (χ1v) is 14.1. The fourth-order valence-corrected chi connectivity index (χ4v) is 6.09. The molecule has 3 atom stereocenters. The topological polar surface area (TPSA) is 107 Å². The molecule has 6 rings (SSSR count). The van der Waals surface area contributed by atoms with E-state index < -0.39 is 12.1 Å². The van der Waals surface area contributed by atoms with E-state index in [0.29, 0.717) is 29.9 Å². The van der Waals surface area contributed by atoms with E-state index in [2.05, 4.69) is 15.6 Å². The van der Waals surface area contributed by atoms with Crippen molar-refractivity contribution in [2.75, 3.05) is 12.0 Å². The van der Waals surface area contributed by atoms with Crippen molar-refractivity contribution in [3.63, 3.8) is 0 Å². The molecule has 4 aromatic rings. The second-order valence-corrected chi connectivity index (χ2v) is 10.6. The number of hydrogen-bond donors (Lipinski definition) is 3. The van der Waals surface area contributed by atoms with Gasteiger partial charge in [-0.2, -0.15) is 11.8 Å². The van der Waals surface area contributed by atoms with E-state index in [9.17, 15) is 14.4 Å². The van der Waals surface area contributed by atoms with Crippen LogP contribution < -0.4 is 10.6 Å². The summed E-state index contributed by atoms with van der Waals surface area (Å²) in [4.78, 5) is 45.8. The minimum atomic E-state index is -0.749. The molecule has 0 radical (unpaired) electrons. The van der Waals surface area contributed by atoms with Gasteiger partial charge in [-0.15, -0.1) is 0 Å². The van der Waals surface area contributed by atoms with Crippen molar-refractivity contribution in [2.24, 2.45) is 0 Å². The summed E-state index contributed by atoms with van der Waals surface area (Å²) in [5.74, 6) is 0.563. The average Bonchev–Trinajstić information content (AvgIpc) is 3.66. The highest BCUT2D eigenvalue weighted by molar-refractivity contribution is 7.98. The van der Waals surface area contributed by atoms with Crippen molar-refractivity contribution in [3.8, 4) is 0 Å². The van der Waals surface area contributed by atoms with Crippen LogP contribution in [0, 0.1) is 0 Å². The van der Waals surface area contributed by atoms with Gasteiger partial charge in [0.05, 0.1) is 18.8 Å². The fourth-order valence-electron chi connectivity index (χ4n) is 5.62. The number of aromatic amines is 1. The Morgan fingerprint density at radius 3 is 2.76 bits per heavy atom.